The lowest BCUT2D eigenvalue weighted by Gasteiger charge is -2.08. The topological polar surface area (TPSA) is 59.0 Å². The zero-order chi connectivity index (χ0) is 17.3. The summed E-state index contributed by atoms with van der Waals surface area (Å²) in [7, 11) is 0. The molecule has 0 radical (unpaired) electrons. The molecule has 3 rings (SSSR count). The fourth-order valence-corrected chi connectivity index (χ4v) is 3.02. The highest BCUT2D eigenvalue weighted by Gasteiger charge is 2.19. The molecule has 2 heterocycles. The third-order valence-electron chi connectivity index (χ3n) is 4.39. The molecule has 2 N–H and O–H groups in total. The van der Waals surface area contributed by atoms with E-state index < -0.39 is 6.55 Å². The highest BCUT2D eigenvalue weighted by atomic mass is 35.5. The fraction of sp³-hybridized carbons (Fsp3) is 0.412. The predicted molar refractivity (Wildman–Crippen MR) is 92.7 cm³/mol. The predicted octanol–water partition coefficient (Wildman–Crippen LogP) is 2.78. The minimum Gasteiger partial charge on any atom is -0.352 e. The van der Waals surface area contributed by atoms with Crippen LogP contribution in [0.3, 0.4) is 0 Å². The van der Waals surface area contributed by atoms with Gasteiger partial charge in [-0.1, -0.05) is 18.2 Å². The highest BCUT2D eigenvalue weighted by Crippen LogP contribution is 2.20. The van der Waals surface area contributed by atoms with E-state index in [0.29, 0.717) is 28.2 Å². The second-order valence-electron chi connectivity index (χ2n) is 6.03. The van der Waals surface area contributed by atoms with Crippen LogP contribution in [0.15, 0.2) is 18.2 Å². The lowest BCUT2D eigenvalue weighted by atomic mass is 10.1. The van der Waals surface area contributed by atoms with Gasteiger partial charge in [-0.3, -0.25) is 4.79 Å². The highest BCUT2D eigenvalue weighted by molar-refractivity contribution is 5.85. The van der Waals surface area contributed by atoms with Crippen molar-refractivity contribution in [3.8, 4) is 0 Å². The van der Waals surface area contributed by atoms with Gasteiger partial charge in [0.05, 0.1) is 12.1 Å². The van der Waals surface area contributed by atoms with Crippen LogP contribution < -0.4 is 10.6 Å². The van der Waals surface area contributed by atoms with Gasteiger partial charge in [-0.2, -0.15) is 13.9 Å². The number of carbonyl (C=O) groups is 1. The molecule has 2 aromatic rings. The molecule has 25 heavy (non-hydrogen) atoms. The summed E-state index contributed by atoms with van der Waals surface area (Å²) in [5.74, 6) is -0.200. The number of fused-ring (bicyclic) bond motifs is 1. The Morgan fingerprint density at radius 1 is 1.32 bits per heavy atom. The molecule has 0 fully saturated rings. The maximum absolute atomic E-state index is 12.8. The summed E-state index contributed by atoms with van der Waals surface area (Å²) >= 11 is 0. The Hall–Kier alpha value is -1.99. The number of nitrogens with one attached hydrogen (secondary N) is 2. The van der Waals surface area contributed by atoms with Gasteiger partial charge in [-0.15, -0.1) is 12.4 Å². The number of benzene rings is 1. The molecule has 1 aromatic carbocycles. The Labute approximate surface area is 151 Å². The standard InChI is InChI=1S/C17H20F2N4O.ClH/c1-10-15(11(2)23(22-10)17(18)19)6-16(24)21-7-12-3-4-13-8-20-9-14(13)5-12;/h3-5,17,20H,6-9H2,1-2H3,(H,21,24);1H. The monoisotopic (exact) mass is 370 g/mol. The second kappa shape index (κ2) is 7.93. The lowest BCUT2D eigenvalue weighted by molar-refractivity contribution is -0.120. The molecule has 1 amide bonds. The molecule has 0 spiro atoms. The van der Waals surface area contributed by atoms with Crippen LogP contribution in [0.1, 0.15) is 40.2 Å². The summed E-state index contributed by atoms with van der Waals surface area (Å²) in [6, 6.07) is 6.15. The summed E-state index contributed by atoms with van der Waals surface area (Å²) in [5, 5.41) is 9.93. The van der Waals surface area contributed by atoms with Crippen molar-refractivity contribution in [2.24, 2.45) is 0 Å². The fourth-order valence-electron chi connectivity index (χ4n) is 3.02. The number of hydrogen-bond donors (Lipinski definition) is 2. The van der Waals surface area contributed by atoms with Gasteiger partial charge < -0.3 is 10.6 Å². The summed E-state index contributed by atoms with van der Waals surface area (Å²) in [4.78, 5) is 12.2. The van der Waals surface area contributed by atoms with Crippen molar-refractivity contribution in [3.05, 3.63) is 51.8 Å². The molecule has 0 bridgehead atoms. The van der Waals surface area contributed by atoms with Gasteiger partial charge in [0.2, 0.25) is 5.91 Å². The zero-order valence-corrected chi connectivity index (χ0v) is 14.9. The van der Waals surface area contributed by atoms with Crippen molar-refractivity contribution in [1.82, 2.24) is 20.4 Å². The van der Waals surface area contributed by atoms with Gasteiger partial charge in [-0.25, -0.2) is 4.68 Å². The molecular formula is C17H21ClF2N4O. The number of hydrogen-bond acceptors (Lipinski definition) is 3. The second-order valence-corrected chi connectivity index (χ2v) is 6.03. The number of amides is 1. The molecule has 1 aliphatic heterocycles. The van der Waals surface area contributed by atoms with E-state index >= 15 is 0 Å². The molecule has 5 nitrogen and oxygen atoms in total. The maximum atomic E-state index is 12.8. The minimum atomic E-state index is -2.69. The van der Waals surface area contributed by atoms with Gasteiger partial charge in [-0.05, 0) is 30.5 Å². The third-order valence-corrected chi connectivity index (χ3v) is 4.39. The van der Waals surface area contributed by atoms with Crippen molar-refractivity contribution < 1.29 is 13.6 Å². The molecule has 1 aliphatic rings. The van der Waals surface area contributed by atoms with Crippen LogP contribution in [0, 0.1) is 13.8 Å². The number of alkyl halides is 2. The van der Waals surface area contributed by atoms with Crippen LogP contribution >= 0.6 is 12.4 Å². The van der Waals surface area contributed by atoms with Crippen molar-refractivity contribution >= 4 is 18.3 Å². The maximum Gasteiger partial charge on any atom is 0.333 e. The minimum absolute atomic E-state index is 0. The van der Waals surface area contributed by atoms with Crippen LogP contribution in [0.5, 0.6) is 0 Å². The molecule has 0 aliphatic carbocycles. The van der Waals surface area contributed by atoms with Gasteiger partial charge in [0.1, 0.15) is 0 Å². The van der Waals surface area contributed by atoms with E-state index in [2.05, 4.69) is 27.9 Å². The largest absolute Gasteiger partial charge is 0.352 e. The number of nitrogens with zero attached hydrogens (tertiary/aromatic N) is 2. The third kappa shape index (κ3) is 4.16. The first kappa shape index (κ1) is 19.3. The van der Waals surface area contributed by atoms with E-state index in [1.165, 1.54) is 11.1 Å². The number of aryl methyl sites for hydroxylation is 1. The Morgan fingerprint density at radius 3 is 2.72 bits per heavy atom. The summed E-state index contributed by atoms with van der Waals surface area (Å²) in [6.45, 7) is 2.66. The van der Waals surface area contributed by atoms with Crippen LogP contribution in [0.2, 0.25) is 0 Å². The Balaban J connectivity index is 0.00000225. The molecule has 0 saturated heterocycles. The van der Waals surface area contributed by atoms with Crippen LogP contribution in [-0.2, 0) is 30.8 Å². The average molecular weight is 371 g/mol. The molecule has 1 aromatic heterocycles. The molecule has 136 valence electrons. The summed E-state index contributed by atoms with van der Waals surface area (Å²) in [5.41, 5.74) is 4.93. The average Bonchev–Trinajstić information content (AvgIpc) is 3.12. The normalized spacial score (nSPS) is 12.8. The summed E-state index contributed by atoms with van der Waals surface area (Å²) in [6.07, 6.45) is 0.0525. The van der Waals surface area contributed by atoms with E-state index in [1.54, 1.807) is 13.8 Å². The Kier molecular flexibility index (Phi) is 6.13. The van der Waals surface area contributed by atoms with Gasteiger partial charge in [0.25, 0.3) is 0 Å². The zero-order valence-electron chi connectivity index (χ0n) is 14.1. The van der Waals surface area contributed by atoms with E-state index in [9.17, 15) is 13.6 Å². The first-order valence-corrected chi connectivity index (χ1v) is 7.86. The lowest BCUT2D eigenvalue weighted by Crippen LogP contribution is -2.25. The molecule has 8 heteroatoms. The molecule has 0 saturated carbocycles. The van der Waals surface area contributed by atoms with Crippen molar-refractivity contribution in [2.45, 2.75) is 46.5 Å². The van der Waals surface area contributed by atoms with E-state index in [1.807, 2.05) is 6.07 Å². The van der Waals surface area contributed by atoms with Crippen LogP contribution in [0.25, 0.3) is 0 Å². The number of rotatable bonds is 5. The van der Waals surface area contributed by atoms with E-state index in [-0.39, 0.29) is 24.7 Å². The van der Waals surface area contributed by atoms with Crippen LogP contribution in [0.4, 0.5) is 8.78 Å². The molecule has 0 unspecified atom stereocenters. The van der Waals surface area contributed by atoms with Gasteiger partial charge >= 0.3 is 6.55 Å². The molecular weight excluding hydrogens is 350 g/mol. The number of halogens is 3. The van der Waals surface area contributed by atoms with Crippen LogP contribution in [-0.4, -0.2) is 15.7 Å². The molecule has 0 atom stereocenters. The SMILES string of the molecule is Cc1nn(C(F)F)c(C)c1CC(=O)NCc1ccc2c(c1)CNC2.Cl. The number of aromatic nitrogens is 2. The summed E-state index contributed by atoms with van der Waals surface area (Å²) < 4.78 is 26.3. The Bertz CT molecular complexity index is 776. The van der Waals surface area contributed by atoms with Crippen molar-refractivity contribution in [1.29, 1.82) is 0 Å². The first-order valence-electron chi connectivity index (χ1n) is 7.86. The number of carbonyl (C=O) groups excluding carboxylic acids is 1. The first-order chi connectivity index (χ1) is 11.5. The van der Waals surface area contributed by atoms with Crippen molar-refractivity contribution in [2.75, 3.05) is 0 Å². The Morgan fingerprint density at radius 2 is 2.04 bits per heavy atom. The quantitative estimate of drug-likeness (QED) is 0.850. The smallest absolute Gasteiger partial charge is 0.333 e. The van der Waals surface area contributed by atoms with E-state index in [0.717, 1.165) is 18.7 Å². The van der Waals surface area contributed by atoms with E-state index in [4.69, 9.17) is 0 Å². The van der Waals surface area contributed by atoms with Crippen molar-refractivity contribution in [3.63, 3.8) is 0 Å². The van der Waals surface area contributed by atoms with Gasteiger partial charge in [0.15, 0.2) is 0 Å². The van der Waals surface area contributed by atoms with Gasteiger partial charge in [0, 0.05) is 30.9 Å².